The third-order valence-corrected chi connectivity index (χ3v) is 3.10. The van der Waals surface area contributed by atoms with Crippen LogP contribution in [-0.4, -0.2) is 5.91 Å². The van der Waals surface area contributed by atoms with Crippen molar-refractivity contribution in [2.24, 2.45) is 5.73 Å². The standard InChI is InChI=1S/C16H18N2O/c1-2-12-8-6-7-11-14(12)18-16(19)15(17)13-9-4-3-5-10-13/h3-11,15H,2,17H2,1H3,(H,18,19)/t15-/m1/s1. The molecule has 0 bridgehead atoms. The van der Waals surface area contributed by atoms with Gasteiger partial charge in [-0.1, -0.05) is 55.5 Å². The van der Waals surface area contributed by atoms with Gasteiger partial charge in [-0.15, -0.1) is 0 Å². The first-order chi connectivity index (χ1) is 9.22. The number of amides is 1. The Bertz CT molecular complexity index is 552. The lowest BCUT2D eigenvalue weighted by Gasteiger charge is -2.14. The molecule has 3 N–H and O–H groups in total. The molecule has 0 aliphatic heterocycles. The van der Waals surface area contributed by atoms with Gasteiger partial charge >= 0.3 is 0 Å². The zero-order chi connectivity index (χ0) is 13.7. The molecule has 0 saturated carbocycles. The molecule has 0 aliphatic carbocycles. The molecule has 1 atom stereocenters. The van der Waals surface area contributed by atoms with E-state index in [1.54, 1.807) is 0 Å². The summed E-state index contributed by atoms with van der Waals surface area (Å²) in [6.07, 6.45) is 0.872. The van der Waals surface area contributed by atoms with Gasteiger partial charge in [0.1, 0.15) is 6.04 Å². The molecule has 19 heavy (non-hydrogen) atoms. The van der Waals surface area contributed by atoms with Crippen LogP contribution in [0.4, 0.5) is 5.69 Å². The summed E-state index contributed by atoms with van der Waals surface area (Å²) >= 11 is 0. The molecule has 0 radical (unpaired) electrons. The van der Waals surface area contributed by atoms with Gasteiger partial charge in [0.25, 0.3) is 0 Å². The Kier molecular flexibility index (Phi) is 4.31. The van der Waals surface area contributed by atoms with Gasteiger partial charge in [-0.05, 0) is 23.6 Å². The van der Waals surface area contributed by atoms with Crippen LogP contribution in [0.5, 0.6) is 0 Å². The minimum absolute atomic E-state index is 0.188. The lowest BCUT2D eigenvalue weighted by atomic mass is 10.1. The van der Waals surface area contributed by atoms with Crippen molar-refractivity contribution >= 4 is 11.6 Å². The topological polar surface area (TPSA) is 55.1 Å². The van der Waals surface area contributed by atoms with Crippen LogP contribution in [0.1, 0.15) is 24.1 Å². The second-order valence-electron chi connectivity index (χ2n) is 4.39. The van der Waals surface area contributed by atoms with Gasteiger partial charge in [0.15, 0.2) is 0 Å². The summed E-state index contributed by atoms with van der Waals surface area (Å²) in [7, 11) is 0. The first-order valence-corrected chi connectivity index (χ1v) is 6.41. The van der Waals surface area contributed by atoms with E-state index in [1.165, 1.54) is 0 Å². The number of aryl methyl sites for hydroxylation is 1. The van der Waals surface area contributed by atoms with Gasteiger partial charge in [-0.25, -0.2) is 0 Å². The molecule has 2 rings (SSSR count). The number of rotatable bonds is 4. The summed E-state index contributed by atoms with van der Waals surface area (Å²) in [5, 5.41) is 2.90. The van der Waals surface area contributed by atoms with E-state index in [-0.39, 0.29) is 5.91 Å². The molecule has 0 aromatic heterocycles. The van der Waals surface area contributed by atoms with E-state index in [4.69, 9.17) is 5.73 Å². The molecular formula is C16H18N2O. The van der Waals surface area contributed by atoms with Gasteiger partial charge in [0, 0.05) is 5.69 Å². The summed E-state index contributed by atoms with van der Waals surface area (Å²) in [5.74, 6) is -0.188. The van der Waals surface area contributed by atoms with E-state index in [1.807, 2.05) is 54.6 Å². The number of carbonyl (C=O) groups excluding carboxylic acids is 1. The maximum atomic E-state index is 12.1. The van der Waals surface area contributed by atoms with Crippen LogP contribution in [0.3, 0.4) is 0 Å². The molecule has 98 valence electrons. The van der Waals surface area contributed by atoms with Crippen molar-refractivity contribution in [3.05, 3.63) is 65.7 Å². The van der Waals surface area contributed by atoms with Crippen molar-refractivity contribution in [1.29, 1.82) is 0 Å². The van der Waals surface area contributed by atoms with Crippen molar-refractivity contribution in [3.8, 4) is 0 Å². The predicted molar refractivity (Wildman–Crippen MR) is 77.8 cm³/mol. The lowest BCUT2D eigenvalue weighted by molar-refractivity contribution is -0.117. The van der Waals surface area contributed by atoms with E-state index in [0.717, 1.165) is 23.2 Å². The van der Waals surface area contributed by atoms with Gasteiger partial charge in [-0.2, -0.15) is 0 Å². The normalized spacial score (nSPS) is 11.9. The number of nitrogens with one attached hydrogen (secondary N) is 1. The van der Waals surface area contributed by atoms with Crippen LogP contribution >= 0.6 is 0 Å². The summed E-state index contributed by atoms with van der Waals surface area (Å²) in [5.41, 5.74) is 8.72. The van der Waals surface area contributed by atoms with Crippen molar-refractivity contribution < 1.29 is 4.79 Å². The zero-order valence-corrected chi connectivity index (χ0v) is 11.0. The van der Waals surface area contributed by atoms with Crippen LogP contribution in [0, 0.1) is 0 Å². The van der Waals surface area contributed by atoms with E-state index in [2.05, 4.69) is 12.2 Å². The Hall–Kier alpha value is -2.13. The van der Waals surface area contributed by atoms with Gasteiger partial charge in [0.05, 0.1) is 0 Å². The van der Waals surface area contributed by atoms with Crippen LogP contribution in [-0.2, 0) is 11.2 Å². The molecule has 0 heterocycles. The molecule has 0 aliphatic rings. The monoisotopic (exact) mass is 254 g/mol. The average molecular weight is 254 g/mol. The lowest BCUT2D eigenvalue weighted by Crippen LogP contribution is -2.28. The van der Waals surface area contributed by atoms with Gasteiger partial charge in [0.2, 0.25) is 5.91 Å². The molecular weight excluding hydrogens is 236 g/mol. The third-order valence-electron chi connectivity index (χ3n) is 3.10. The van der Waals surface area contributed by atoms with Crippen LogP contribution in [0.25, 0.3) is 0 Å². The Morgan fingerprint density at radius 3 is 2.42 bits per heavy atom. The van der Waals surface area contributed by atoms with E-state index >= 15 is 0 Å². The Morgan fingerprint density at radius 2 is 1.74 bits per heavy atom. The summed E-state index contributed by atoms with van der Waals surface area (Å²) < 4.78 is 0. The molecule has 0 saturated heterocycles. The maximum Gasteiger partial charge on any atom is 0.245 e. The van der Waals surface area contributed by atoms with Crippen LogP contribution < -0.4 is 11.1 Å². The van der Waals surface area contributed by atoms with Crippen LogP contribution in [0.2, 0.25) is 0 Å². The fraction of sp³-hybridized carbons (Fsp3) is 0.188. The number of hydrogen-bond donors (Lipinski definition) is 2. The number of benzene rings is 2. The number of para-hydroxylation sites is 1. The fourth-order valence-corrected chi connectivity index (χ4v) is 1.97. The average Bonchev–Trinajstić information content (AvgIpc) is 2.48. The maximum absolute atomic E-state index is 12.1. The highest BCUT2D eigenvalue weighted by Gasteiger charge is 2.16. The van der Waals surface area contributed by atoms with Gasteiger partial charge in [-0.3, -0.25) is 4.79 Å². The van der Waals surface area contributed by atoms with Crippen molar-refractivity contribution in [1.82, 2.24) is 0 Å². The van der Waals surface area contributed by atoms with Gasteiger partial charge < -0.3 is 11.1 Å². The minimum Gasteiger partial charge on any atom is -0.324 e. The van der Waals surface area contributed by atoms with E-state index in [0.29, 0.717) is 0 Å². The largest absolute Gasteiger partial charge is 0.324 e. The summed E-state index contributed by atoms with van der Waals surface area (Å²) in [6.45, 7) is 2.06. The second-order valence-corrected chi connectivity index (χ2v) is 4.39. The molecule has 0 spiro atoms. The molecule has 0 fully saturated rings. The molecule has 3 heteroatoms. The number of carbonyl (C=O) groups is 1. The van der Waals surface area contributed by atoms with Crippen molar-refractivity contribution in [3.63, 3.8) is 0 Å². The SMILES string of the molecule is CCc1ccccc1NC(=O)[C@H](N)c1ccccc1. The predicted octanol–water partition coefficient (Wildman–Crippen LogP) is 2.89. The summed E-state index contributed by atoms with van der Waals surface area (Å²) in [4.78, 5) is 12.1. The Labute approximate surface area is 113 Å². The fourth-order valence-electron chi connectivity index (χ4n) is 1.97. The van der Waals surface area contributed by atoms with Crippen molar-refractivity contribution in [2.45, 2.75) is 19.4 Å². The van der Waals surface area contributed by atoms with E-state index < -0.39 is 6.04 Å². The Morgan fingerprint density at radius 1 is 1.11 bits per heavy atom. The quantitative estimate of drug-likeness (QED) is 0.881. The molecule has 0 unspecified atom stereocenters. The number of anilines is 1. The Balaban J connectivity index is 2.13. The smallest absolute Gasteiger partial charge is 0.245 e. The zero-order valence-electron chi connectivity index (χ0n) is 11.0. The molecule has 2 aromatic carbocycles. The molecule has 2 aromatic rings. The number of nitrogens with two attached hydrogens (primary N) is 1. The number of hydrogen-bond acceptors (Lipinski definition) is 2. The van der Waals surface area contributed by atoms with Crippen molar-refractivity contribution in [2.75, 3.05) is 5.32 Å². The highest BCUT2D eigenvalue weighted by atomic mass is 16.2. The first-order valence-electron chi connectivity index (χ1n) is 6.41. The highest BCUT2D eigenvalue weighted by Crippen LogP contribution is 2.18. The minimum atomic E-state index is -0.647. The highest BCUT2D eigenvalue weighted by molar-refractivity contribution is 5.96. The van der Waals surface area contributed by atoms with Crippen LogP contribution in [0.15, 0.2) is 54.6 Å². The summed E-state index contributed by atoms with van der Waals surface area (Å²) in [6, 6.07) is 16.5. The molecule has 1 amide bonds. The first kappa shape index (κ1) is 13.3. The molecule has 3 nitrogen and oxygen atoms in total. The van der Waals surface area contributed by atoms with E-state index in [9.17, 15) is 4.79 Å². The second kappa shape index (κ2) is 6.16. The third kappa shape index (κ3) is 3.20.